The van der Waals surface area contributed by atoms with Gasteiger partial charge in [-0.1, -0.05) is 127 Å². The number of rotatable bonds is 5. The standard InChI is InChI=1S/C30H25N2P/c1-23-19-21-25(22-20-23)30(31-29-18-10-12-24-11-8-9-17-28(24)29)32-33(26-13-4-2-5-14-26)27-15-6-3-7-16-27/h2-22H,1H3,(H,31,32). The minimum atomic E-state index is -0.842. The largest absolute Gasteiger partial charge is 0.341 e. The van der Waals surface area contributed by atoms with Crippen LogP contribution in [0.2, 0.25) is 0 Å². The molecule has 5 rings (SSSR count). The fraction of sp³-hybridized carbons (Fsp3) is 0.0333. The van der Waals surface area contributed by atoms with Gasteiger partial charge in [0.1, 0.15) is 5.84 Å². The number of aryl methyl sites for hydroxylation is 1. The normalized spacial score (nSPS) is 11.6. The van der Waals surface area contributed by atoms with E-state index in [1.165, 1.54) is 21.6 Å². The number of nitrogens with zero attached hydrogens (tertiary/aromatic N) is 1. The maximum absolute atomic E-state index is 5.20. The second kappa shape index (κ2) is 9.81. The summed E-state index contributed by atoms with van der Waals surface area (Å²) in [7, 11) is -0.842. The Bertz CT molecular complexity index is 1330. The molecule has 5 aromatic carbocycles. The van der Waals surface area contributed by atoms with Crippen molar-refractivity contribution >= 4 is 41.0 Å². The lowest BCUT2D eigenvalue weighted by Gasteiger charge is -2.22. The summed E-state index contributed by atoms with van der Waals surface area (Å²) in [5.74, 6) is 0.880. The number of amidine groups is 1. The molecule has 33 heavy (non-hydrogen) atoms. The zero-order chi connectivity index (χ0) is 22.5. The van der Waals surface area contributed by atoms with Crippen molar-refractivity contribution in [3.63, 3.8) is 0 Å². The van der Waals surface area contributed by atoms with Gasteiger partial charge in [-0.2, -0.15) is 0 Å². The lowest BCUT2D eigenvalue weighted by atomic mass is 10.1. The quantitative estimate of drug-likeness (QED) is 0.179. The summed E-state index contributed by atoms with van der Waals surface area (Å²) in [6.45, 7) is 2.11. The molecule has 0 spiro atoms. The van der Waals surface area contributed by atoms with Crippen LogP contribution in [-0.2, 0) is 0 Å². The van der Waals surface area contributed by atoms with Crippen LogP contribution < -0.4 is 15.7 Å². The third-order valence-electron chi connectivity index (χ3n) is 5.57. The van der Waals surface area contributed by atoms with Gasteiger partial charge in [0.2, 0.25) is 0 Å². The summed E-state index contributed by atoms with van der Waals surface area (Å²) >= 11 is 0. The Balaban J connectivity index is 1.65. The molecule has 2 nitrogen and oxygen atoms in total. The van der Waals surface area contributed by atoms with Crippen LogP contribution in [0.1, 0.15) is 11.1 Å². The molecule has 0 bridgehead atoms. The molecule has 160 valence electrons. The lowest BCUT2D eigenvalue weighted by molar-refractivity contribution is 1.37. The Hall–Kier alpha value is -3.74. The number of aliphatic imine (C=N–C) groups is 1. The predicted molar refractivity (Wildman–Crippen MR) is 144 cm³/mol. The maximum Gasteiger partial charge on any atom is 0.137 e. The molecule has 0 fully saturated rings. The van der Waals surface area contributed by atoms with Gasteiger partial charge < -0.3 is 5.09 Å². The highest BCUT2D eigenvalue weighted by molar-refractivity contribution is 7.71. The van der Waals surface area contributed by atoms with Crippen molar-refractivity contribution in [2.45, 2.75) is 6.92 Å². The van der Waals surface area contributed by atoms with E-state index in [0.29, 0.717) is 0 Å². The van der Waals surface area contributed by atoms with Crippen molar-refractivity contribution in [1.29, 1.82) is 0 Å². The van der Waals surface area contributed by atoms with Crippen LogP contribution in [-0.4, -0.2) is 5.84 Å². The van der Waals surface area contributed by atoms with E-state index in [0.717, 1.165) is 22.5 Å². The van der Waals surface area contributed by atoms with Crippen LogP contribution in [0.5, 0.6) is 0 Å². The van der Waals surface area contributed by atoms with E-state index in [1.54, 1.807) is 0 Å². The minimum absolute atomic E-state index is 0.842. The number of hydrogen-bond acceptors (Lipinski definition) is 1. The maximum atomic E-state index is 5.20. The van der Waals surface area contributed by atoms with Crippen molar-refractivity contribution in [2.24, 2.45) is 4.99 Å². The van der Waals surface area contributed by atoms with Crippen molar-refractivity contribution < 1.29 is 0 Å². The van der Waals surface area contributed by atoms with Gasteiger partial charge in [-0.3, -0.25) is 0 Å². The zero-order valence-corrected chi connectivity index (χ0v) is 19.4. The zero-order valence-electron chi connectivity index (χ0n) is 18.5. The molecule has 0 saturated heterocycles. The molecule has 3 heteroatoms. The molecule has 0 aliphatic carbocycles. The second-order valence-corrected chi connectivity index (χ2v) is 9.87. The molecular weight excluding hydrogens is 419 g/mol. The highest BCUT2D eigenvalue weighted by Gasteiger charge is 2.17. The van der Waals surface area contributed by atoms with Gasteiger partial charge in [0.25, 0.3) is 0 Å². The fourth-order valence-electron chi connectivity index (χ4n) is 3.83. The van der Waals surface area contributed by atoms with Crippen LogP contribution >= 0.6 is 8.07 Å². The van der Waals surface area contributed by atoms with Crippen molar-refractivity contribution in [3.8, 4) is 0 Å². The third kappa shape index (κ3) is 4.87. The molecule has 0 saturated carbocycles. The molecule has 1 N–H and O–H groups in total. The molecule has 0 unspecified atom stereocenters. The number of benzene rings is 5. The molecule has 0 radical (unpaired) electrons. The summed E-state index contributed by atoms with van der Waals surface area (Å²) in [5.41, 5.74) is 3.27. The average Bonchev–Trinajstić information content (AvgIpc) is 2.88. The van der Waals surface area contributed by atoms with Gasteiger partial charge in [0, 0.05) is 21.6 Å². The van der Waals surface area contributed by atoms with E-state index >= 15 is 0 Å². The van der Waals surface area contributed by atoms with E-state index in [4.69, 9.17) is 4.99 Å². The Kier molecular flexibility index (Phi) is 6.28. The van der Waals surface area contributed by atoms with Crippen molar-refractivity contribution in [1.82, 2.24) is 5.09 Å². The summed E-state index contributed by atoms with van der Waals surface area (Å²) in [4.78, 5) is 5.20. The summed E-state index contributed by atoms with van der Waals surface area (Å²) in [6.07, 6.45) is 0. The summed E-state index contributed by atoms with van der Waals surface area (Å²) in [5, 5.41) is 8.71. The van der Waals surface area contributed by atoms with Gasteiger partial charge in [-0.15, -0.1) is 0 Å². The first-order valence-electron chi connectivity index (χ1n) is 11.1. The molecule has 0 atom stereocenters. The SMILES string of the molecule is Cc1ccc(C(=Nc2cccc3ccccc23)NP(c2ccccc2)c2ccccc2)cc1. The first-order chi connectivity index (χ1) is 16.3. The Morgan fingerprint density at radius 2 is 1.18 bits per heavy atom. The van der Waals surface area contributed by atoms with Gasteiger partial charge in [-0.05, 0) is 18.4 Å². The molecule has 0 aromatic heterocycles. The predicted octanol–water partition coefficient (Wildman–Crippen LogP) is 6.86. The summed E-state index contributed by atoms with van der Waals surface area (Å²) in [6, 6.07) is 44.6. The van der Waals surface area contributed by atoms with E-state index in [1.807, 2.05) is 0 Å². The Morgan fingerprint density at radius 3 is 1.85 bits per heavy atom. The van der Waals surface area contributed by atoms with E-state index in [9.17, 15) is 0 Å². The van der Waals surface area contributed by atoms with Crippen molar-refractivity contribution in [2.75, 3.05) is 0 Å². The van der Waals surface area contributed by atoms with Crippen molar-refractivity contribution in [3.05, 3.63) is 139 Å². The number of nitrogens with one attached hydrogen (secondary N) is 1. The van der Waals surface area contributed by atoms with Crippen LogP contribution in [0, 0.1) is 6.92 Å². The van der Waals surface area contributed by atoms with Crippen LogP contribution in [0.15, 0.2) is 132 Å². The molecule has 5 aromatic rings. The number of hydrogen-bond donors (Lipinski definition) is 1. The first-order valence-corrected chi connectivity index (χ1v) is 12.4. The van der Waals surface area contributed by atoms with Gasteiger partial charge >= 0.3 is 0 Å². The number of fused-ring (bicyclic) bond motifs is 1. The Morgan fingerprint density at radius 1 is 0.606 bits per heavy atom. The second-order valence-electron chi connectivity index (χ2n) is 7.94. The van der Waals surface area contributed by atoms with Crippen LogP contribution in [0.4, 0.5) is 5.69 Å². The first kappa shape index (κ1) is 21.1. The summed E-state index contributed by atoms with van der Waals surface area (Å²) < 4.78 is 0. The topological polar surface area (TPSA) is 24.4 Å². The lowest BCUT2D eigenvalue weighted by Crippen LogP contribution is -2.29. The molecule has 0 amide bonds. The molecular formula is C30H25N2P. The minimum Gasteiger partial charge on any atom is -0.341 e. The van der Waals surface area contributed by atoms with E-state index in [-0.39, 0.29) is 0 Å². The van der Waals surface area contributed by atoms with Crippen LogP contribution in [0.25, 0.3) is 10.8 Å². The van der Waals surface area contributed by atoms with Crippen LogP contribution in [0.3, 0.4) is 0 Å². The molecule has 0 aliphatic heterocycles. The van der Waals surface area contributed by atoms with Gasteiger partial charge in [-0.25, -0.2) is 4.99 Å². The smallest absolute Gasteiger partial charge is 0.137 e. The monoisotopic (exact) mass is 444 g/mol. The molecule has 0 heterocycles. The van der Waals surface area contributed by atoms with E-state index in [2.05, 4.69) is 139 Å². The Labute approximate surface area is 196 Å². The third-order valence-corrected chi connectivity index (χ3v) is 7.63. The highest BCUT2D eigenvalue weighted by atomic mass is 31.1. The average molecular weight is 445 g/mol. The van der Waals surface area contributed by atoms with E-state index < -0.39 is 8.07 Å². The van der Waals surface area contributed by atoms with Gasteiger partial charge in [0.05, 0.1) is 13.8 Å². The highest BCUT2D eigenvalue weighted by Crippen LogP contribution is 2.31. The van der Waals surface area contributed by atoms with Gasteiger partial charge in [0.15, 0.2) is 0 Å². The fourth-order valence-corrected chi connectivity index (χ4v) is 5.72. The molecule has 0 aliphatic rings.